The number of methoxy groups -OCH3 is 2. The molecule has 1 aromatic rings. The molecule has 9 heteroatoms. The van der Waals surface area contributed by atoms with E-state index in [1.54, 1.807) is 14.2 Å². The highest BCUT2D eigenvalue weighted by Gasteiger charge is 2.43. The largest absolute Gasteiger partial charge is 0.493 e. The molecule has 0 aliphatic carbocycles. The third kappa shape index (κ3) is 10.6. The van der Waals surface area contributed by atoms with Gasteiger partial charge in [-0.3, -0.25) is 15.0 Å². The molecule has 0 bridgehead atoms. The maximum absolute atomic E-state index is 13.5. The van der Waals surface area contributed by atoms with Crippen molar-refractivity contribution < 1.29 is 28.5 Å². The van der Waals surface area contributed by atoms with Gasteiger partial charge in [-0.05, 0) is 48.8 Å². The van der Waals surface area contributed by atoms with Crippen molar-refractivity contribution in [3.8, 4) is 11.5 Å². The van der Waals surface area contributed by atoms with E-state index in [2.05, 4.69) is 50.6 Å². The van der Waals surface area contributed by atoms with E-state index < -0.39 is 5.41 Å². The maximum Gasteiger partial charge on any atom is 0.253 e. The molecule has 1 heterocycles. The Labute approximate surface area is 241 Å². The Hall–Kier alpha value is -2.36. The molecule has 0 unspecified atom stereocenters. The molecule has 40 heavy (non-hydrogen) atoms. The molecule has 9 nitrogen and oxygen atoms in total. The molecule has 1 aliphatic heterocycles. The highest BCUT2D eigenvalue weighted by Crippen LogP contribution is 2.41. The van der Waals surface area contributed by atoms with E-state index >= 15 is 0 Å². The zero-order chi connectivity index (χ0) is 29.4. The van der Waals surface area contributed by atoms with Crippen LogP contribution < -0.4 is 20.2 Å². The molecule has 1 fully saturated rings. The third-order valence-electron chi connectivity index (χ3n) is 7.97. The number of hydrazine groups is 1. The van der Waals surface area contributed by atoms with E-state index in [0.29, 0.717) is 39.5 Å². The molecule has 2 N–H and O–H groups in total. The Morgan fingerprint density at radius 2 is 1.65 bits per heavy atom. The van der Waals surface area contributed by atoms with Gasteiger partial charge in [-0.2, -0.15) is 0 Å². The first-order valence-corrected chi connectivity index (χ1v) is 14.9. The summed E-state index contributed by atoms with van der Waals surface area (Å²) in [6, 6.07) is 6.15. The number of aryl methyl sites for hydroxylation is 1. The lowest BCUT2D eigenvalue weighted by molar-refractivity contribution is -0.140. The normalized spacial score (nSPS) is 14.4. The van der Waals surface area contributed by atoms with Crippen molar-refractivity contribution in [2.24, 2.45) is 17.3 Å². The van der Waals surface area contributed by atoms with Crippen LogP contribution in [0.25, 0.3) is 0 Å². The number of ether oxygens (including phenoxy) is 4. The van der Waals surface area contributed by atoms with Gasteiger partial charge in [0.2, 0.25) is 5.91 Å². The van der Waals surface area contributed by atoms with Gasteiger partial charge >= 0.3 is 0 Å². The molecule has 0 aromatic heterocycles. The summed E-state index contributed by atoms with van der Waals surface area (Å²) in [5, 5.41) is 4.79. The zero-order valence-corrected chi connectivity index (χ0v) is 25.7. The first kappa shape index (κ1) is 33.8. The Balaban J connectivity index is 1.82. The fourth-order valence-corrected chi connectivity index (χ4v) is 5.57. The molecule has 1 saturated heterocycles. The van der Waals surface area contributed by atoms with E-state index in [1.807, 2.05) is 11.1 Å². The highest BCUT2D eigenvalue weighted by molar-refractivity contribution is 5.88. The Kier molecular flexibility index (Phi) is 15.4. The van der Waals surface area contributed by atoms with Crippen molar-refractivity contribution in [1.82, 2.24) is 15.8 Å². The van der Waals surface area contributed by atoms with Crippen LogP contribution in [0.3, 0.4) is 0 Å². The van der Waals surface area contributed by atoms with Gasteiger partial charge in [-0.1, -0.05) is 53.0 Å². The van der Waals surface area contributed by atoms with Gasteiger partial charge in [0.25, 0.3) is 5.91 Å². The molecule has 0 spiro atoms. The second kappa shape index (κ2) is 18.1. The van der Waals surface area contributed by atoms with Gasteiger partial charge in [-0.15, -0.1) is 0 Å². The standard InChI is InChI=1S/C31H53N3O6/c1-24(2)31(25(3)4,30(36)32-23-29(35)33-34-16-20-39-21-17-34)15-10-8-7-9-12-26-13-14-27(38-6)28(22-26)40-19-11-18-37-5/h13-14,22,24-25H,7-12,15-21,23H2,1-6H3,(H,32,36)(H,33,35). The van der Waals surface area contributed by atoms with Crippen LogP contribution in [0, 0.1) is 17.3 Å². The van der Waals surface area contributed by atoms with Crippen LogP contribution in [0.4, 0.5) is 0 Å². The van der Waals surface area contributed by atoms with Gasteiger partial charge < -0.3 is 24.3 Å². The van der Waals surface area contributed by atoms with Gasteiger partial charge in [-0.25, -0.2) is 5.01 Å². The summed E-state index contributed by atoms with van der Waals surface area (Å²) >= 11 is 0. The Morgan fingerprint density at radius 1 is 0.950 bits per heavy atom. The van der Waals surface area contributed by atoms with Crippen molar-refractivity contribution >= 4 is 11.8 Å². The quantitative estimate of drug-likeness (QED) is 0.241. The molecule has 2 rings (SSSR count). The molecule has 0 saturated carbocycles. The van der Waals surface area contributed by atoms with Crippen LogP contribution in [-0.4, -0.2) is 77.1 Å². The number of nitrogens with one attached hydrogen (secondary N) is 2. The lowest BCUT2D eigenvalue weighted by Crippen LogP contribution is -2.53. The highest BCUT2D eigenvalue weighted by atomic mass is 16.5. The molecule has 0 atom stereocenters. The Morgan fingerprint density at radius 3 is 2.30 bits per heavy atom. The first-order valence-electron chi connectivity index (χ1n) is 14.9. The van der Waals surface area contributed by atoms with Gasteiger partial charge in [0.05, 0.1) is 38.9 Å². The van der Waals surface area contributed by atoms with E-state index in [1.165, 1.54) is 5.56 Å². The minimum absolute atomic E-state index is 0.0165. The molecule has 1 aliphatic rings. The summed E-state index contributed by atoms with van der Waals surface area (Å²) in [5.41, 5.74) is 3.59. The third-order valence-corrected chi connectivity index (χ3v) is 7.97. The van der Waals surface area contributed by atoms with Crippen LogP contribution in [0.15, 0.2) is 18.2 Å². The SMILES string of the molecule is COCCCOc1cc(CCCCCCC(C(=O)NCC(=O)NN2CCOCC2)(C(C)C)C(C)C)ccc1OC. The van der Waals surface area contributed by atoms with Gasteiger partial charge in [0.1, 0.15) is 0 Å². The number of amides is 2. The average Bonchev–Trinajstić information content (AvgIpc) is 2.94. The summed E-state index contributed by atoms with van der Waals surface area (Å²) < 4.78 is 21.8. The van der Waals surface area contributed by atoms with Crippen LogP contribution >= 0.6 is 0 Å². The monoisotopic (exact) mass is 563 g/mol. The molecule has 228 valence electrons. The van der Waals surface area contributed by atoms with E-state index in [9.17, 15) is 9.59 Å². The van der Waals surface area contributed by atoms with E-state index in [-0.39, 0.29) is 30.2 Å². The number of nitrogens with zero attached hydrogens (tertiary/aromatic N) is 1. The molecule has 1 aromatic carbocycles. The van der Waals surface area contributed by atoms with Crippen LogP contribution in [0.2, 0.25) is 0 Å². The number of rotatable bonds is 19. The number of unbranched alkanes of at least 4 members (excludes halogenated alkanes) is 3. The number of hydrogen-bond acceptors (Lipinski definition) is 7. The molecule has 0 radical (unpaired) electrons. The summed E-state index contributed by atoms with van der Waals surface area (Å²) in [6.07, 6.45) is 6.80. The fraction of sp³-hybridized carbons (Fsp3) is 0.742. The predicted molar refractivity (Wildman–Crippen MR) is 157 cm³/mol. The first-order chi connectivity index (χ1) is 19.2. The van der Waals surface area contributed by atoms with Crippen LogP contribution in [0.1, 0.15) is 71.8 Å². The predicted octanol–water partition coefficient (Wildman–Crippen LogP) is 4.38. The molecular weight excluding hydrogens is 510 g/mol. The number of benzene rings is 1. The lowest BCUT2D eigenvalue weighted by atomic mass is 9.65. The van der Waals surface area contributed by atoms with Crippen molar-refractivity contribution in [3.05, 3.63) is 23.8 Å². The molecule has 2 amide bonds. The fourth-order valence-electron chi connectivity index (χ4n) is 5.57. The van der Waals surface area contributed by atoms with Crippen molar-refractivity contribution in [2.75, 3.05) is 60.3 Å². The minimum Gasteiger partial charge on any atom is -0.493 e. The van der Waals surface area contributed by atoms with Crippen molar-refractivity contribution in [3.63, 3.8) is 0 Å². The number of carbonyl (C=O) groups is 2. The number of carbonyl (C=O) groups excluding carboxylic acids is 2. The smallest absolute Gasteiger partial charge is 0.253 e. The second-order valence-corrected chi connectivity index (χ2v) is 11.3. The minimum atomic E-state index is -0.510. The lowest BCUT2D eigenvalue weighted by Gasteiger charge is -2.40. The second-order valence-electron chi connectivity index (χ2n) is 11.3. The van der Waals surface area contributed by atoms with Gasteiger partial charge in [0.15, 0.2) is 11.5 Å². The van der Waals surface area contributed by atoms with Crippen molar-refractivity contribution in [1.29, 1.82) is 0 Å². The number of morpholine rings is 1. The average molecular weight is 564 g/mol. The zero-order valence-electron chi connectivity index (χ0n) is 25.7. The molecular formula is C31H53N3O6. The Bertz CT molecular complexity index is 878. The maximum atomic E-state index is 13.5. The van der Waals surface area contributed by atoms with E-state index in [4.69, 9.17) is 18.9 Å². The van der Waals surface area contributed by atoms with Gasteiger partial charge in [0, 0.05) is 33.2 Å². The van der Waals surface area contributed by atoms with Crippen LogP contribution in [-0.2, 0) is 25.5 Å². The topological polar surface area (TPSA) is 98.4 Å². The summed E-state index contributed by atoms with van der Waals surface area (Å²) in [7, 11) is 3.35. The summed E-state index contributed by atoms with van der Waals surface area (Å²) in [5.74, 6) is 1.63. The van der Waals surface area contributed by atoms with Crippen molar-refractivity contribution in [2.45, 2.75) is 72.6 Å². The number of hydrogen-bond donors (Lipinski definition) is 2. The van der Waals surface area contributed by atoms with E-state index in [0.717, 1.165) is 56.4 Å². The van der Waals surface area contributed by atoms with Crippen LogP contribution in [0.5, 0.6) is 11.5 Å². The summed E-state index contributed by atoms with van der Waals surface area (Å²) in [6.45, 7) is 12.2. The summed E-state index contributed by atoms with van der Waals surface area (Å²) in [4.78, 5) is 25.9.